The highest BCUT2D eigenvalue weighted by Gasteiger charge is 2.50. The molecule has 3 heterocycles. The molecule has 0 fully saturated rings. The second-order valence-corrected chi connectivity index (χ2v) is 15.1. The van der Waals surface area contributed by atoms with E-state index in [1.54, 1.807) is 0 Å². The quantitative estimate of drug-likeness (QED) is 0.177. The molecular formula is C49H30N2S. The molecule has 8 aromatic carbocycles. The summed E-state index contributed by atoms with van der Waals surface area (Å²) < 4.78 is 4.88. The Morgan fingerprint density at radius 2 is 0.865 bits per heavy atom. The maximum Gasteiger partial charge on any atom is 0.0735 e. The van der Waals surface area contributed by atoms with E-state index in [9.17, 15) is 0 Å². The number of fused-ring (bicyclic) bond motifs is 15. The molecule has 242 valence electrons. The molecule has 2 nitrogen and oxygen atoms in total. The lowest BCUT2D eigenvalue weighted by molar-refractivity contribution is 0.724. The predicted octanol–water partition coefficient (Wildman–Crippen LogP) is 12.7. The molecule has 2 aliphatic rings. The third kappa shape index (κ3) is 3.56. The summed E-state index contributed by atoms with van der Waals surface area (Å²) in [5.41, 5.74) is 14.9. The third-order valence-electron chi connectivity index (χ3n) is 11.6. The first kappa shape index (κ1) is 28.4. The summed E-state index contributed by atoms with van der Waals surface area (Å²) in [5.74, 6) is 0. The largest absolute Gasteiger partial charge is 0.309 e. The van der Waals surface area contributed by atoms with Gasteiger partial charge in [-0.05, 0) is 94.0 Å². The number of nitrogens with zero attached hydrogens (tertiary/aromatic N) is 2. The van der Waals surface area contributed by atoms with Crippen LogP contribution in [0.25, 0.3) is 66.1 Å². The van der Waals surface area contributed by atoms with Crippen molar-refractivity contribution in [1.82, 2.24) is 9.13 Å². The topological polar surface area (TPSA) is 9.86 Å². The van der Waals surface area contributed by atoms with E-state index < -0.39 is 5.41 Å². The SMILES string of the molecule is c1ccc(-n2c3ccccc3c3cc(-n4c5ccccc5c5cc6c(cc54)Sc4ccccc4C64c5ccccc5-c5ccccc54)ccc32)cc1. The van der Waals surface area contributed by atoms with E-state index >= 15 is 0 Å². The zero-order valence-electron chi connectivity index (χ0n) is 28.1. The highest BCUT2D eigenvalue weighted by Crippen LogP contribution is 2.62. The molecule has 3 heteroatoms. The van der Waals surface area contributed by atoms with Crippen LogP contribution in [-0.2, 0) is 5.41 Å². The van der Waals surface area contributed by atoms with Crippen molar-refractivity contribution in [2.24, 2.45) is 0 Å². The molecule has 0 amide bonds. The van der Waals surface area contributed by atoms with Crippen molar-refractivity contribution in [3.63, 3.8) is 0 Å². The van der Waals surface area contributed by atoms with E-state index in [2.05, 4.69) is 191 Å². The highest BCUT2D eigenvalue weighted by molar-refractivity contribution is 7.99. The lowest BCUT2D eigenvalue weighted by atomic mass is 9.67. The molecular weight excluding hydrogens is 649 g/mol. The Labute approximate surface area is 305 Å². The van der Waals surface area contributed by atoms with Gasteiger partial charge in [0.15, 0.2) is 0 Å². The van der Waals surface area contributed by atoms with Crippen LogP contribution in [-0.4, -0.2) is 9.13 Å². The first-order valence-corrected chi connectivity index (χ1v) is 18.8. The molecule has 0 N–H and O–H groups in total. The number of hydrogen-bond acceptors (Lipinski definition) is 1. The van der Waals surface area contributed by atoms with Crippen LogP contribution in [0.15, 0.2) is 192 Å². The first-order chi connectivity index (χ1) is 25.8. The van der Waals surface area contributed by atoms with Gasteiger partial charge in [-0.25, -0.2) is 0 Å². The van der Waals surface area contributed by atoms with Crippen LogP contribution in [0.5, 0.6) is 0 Å². The number of para-hydroxylation sites is 3. The Balaban J connectivity index is 1.17. The van der Waals surface area contributed by atoms with Crippen molar-refractivity contribution >= 4 is 55.4 Å². The lowest BCUT2D eigenvalue weighted by Crippen LogP contribution is -2.31. The summed E-state index contributed by atoms with van der Waals surface area (Å²) in [7, 11) is 0. The number of benzene rings is 8. The monoisotopic (exact) mass is 678 g/mol. The summed E-state index contributed by atoms with van der Waals surface area (Å²) in [5, 5.41) is 5.06. The van der Waals surface area contributed by atoms with Crippen LogP contribution in [0.4, 0.5) is 0 Å². The van der Waals surface area contributed by atoms with Crippen LogP contribution in [0.2, 0.25) is 0 Å². The Hall–Kier alpha value is -6.29. The minimum absolute atomic E-state index is 0.403. The van der Waals surface area contributed by atoms with E-state index in [4.69, 9.17) is 0 Å². The average Bonchev–Trinajstić information content (AvgIpc) is 3.82. The average molecular weight is 679 g/mol. The number of aromatic nitrogens is 2. The second-order valence-electron chi connectivity index (χ2n) is 14.0. The second kappa shape index (κ2) is 10.4. The Kier molecular flexibility index (Phi) is 5.67. The summed E-state index contributed by atoms with van der Waals surface area (Å²) in [6, 6.07) is 67.7. The normalized spacial score (nSPS) is 13.8. The van der Waals surface area contributed by atoms with Crippen LogP contribution >= 0.6 is 11.8 Å². The van der Waals surface area contributed by atoms with Gasteiger partial charge in [-0.2, -0.15) is 0 Å². The third-order valence-corrected chi connectivity index (χ3v) is 12.7. The van der Waals surface area contributed by atoms with E-state index in [-0.39, 0.29) is 0 Å². The molecule has 2 aromatic heterocycles. The van der Waals surface area contributed by atoms with Crippen molar-refractivity contribution in [1.29, 1.82) is 0 Å². The Morgan fingerprint density at radius 1 is 0.327 bits per heavy atom. The van der Waals surface area contributed by atoms with Gasteiger partial charge in [-0.1, -0.05) is 133 Å². The van der Waals surface area contributed by atoms with Gasteiger partial charge < -0.3 is 9.13 Å². The number of hydrogen-bond donors (Lipinski definition) is 0. The van der Waals surface area contributed by atoms with E-state index in [1.807, 2.05) is 11.8 Å². The van der Waals surface area contributed by atoms with Crippen LogP contribution < -0.4 is 0 Å². The lowest BCUT2D eigenvalue weighted by Gasteiger charge is -2.39. The molecule has 0 bridgehead atoms. The van der Waals surface area contributed by atoms with Gasteiger partial charge in [-0.15, -0.1) is 0 Å². The maximum atomic E-state index is 2.53. The molecule has 0 saturated carbocycles. The fourth-order valence-electron chi connectivity index (χ4n) is 9.55. The van der Waals surface area contributed by atoms with Gasteiger partial charge in [0.05, 0.1) is 27.5 Å². The fraction of sp³-hybridized carbons (Fsp3) is 0.0204. The summed E-state index contributed by atoms with van der Waals surface area (Å²) in [6.07, 6.45) is 0. The fourth-order valence-corrected chi connectivity index (χ4v) is 10.8. The molecule has 0 saturated heterocycles. The van der Waals surface area contributed by atoms with Gasteiger partial charge in [0, 0.05) is 42.7 Å². The van der Waals surface area contributed by atoms with Crippen LogP contribution in [0, 0.1) is 0 Å². The van der Waals surface area contributed by atoms with Crippen molar-refractivity contribution < 1.29 is 0 Å². The molecule has 1 aliphatic heterocycles. The van der Waals surface area contributed by atoms with Gasteiger partial charge in [-0.3, -0.25) is 0 Å². The summed E-state index contributed by atoms with van der Waals surface area (Å²) in [4.78, 5) is 2.63. The van der Waals surface area contributed by atoms with Crippen LogP contribution in [0.1, 0.15) is 22.3 Å². The van der Waals surface area contributed by atoms with Crippen LogP contribution in [0.3, 0.4) is 0 Å². The van der Waals surface area contributed by atoms with Crippen molar-refractivity contribution in [2.75, 3.05) is 0 Å². The Morgan fingerprint density at radius 3 is 1.58 bits per heavy atom. The predicted molar refractivity (Wildman–Crippen MR) is 217 cm³/mol. The number of rotatable bonds is 2. The standard InChI is InChI=1S/C49H30N2S/c1-2-14-31(15-3-1)50-43-23-11-6-18-35(43)37-28-32(26-27-45(37)50)51-44-24-12-7-19-36(44)38-29-42-48(30-46(38)51)52-47-25-13-10-22-41(47)49(42)39-20-8-4-16-33(39)34-17-5-9-21-40(34)49/h1-30H. The first-order valence-electron chi connectivity index (χ1n) is 17.9. The molecule has 0 radical (unpaired) electrons. The van der Waals surface area contributed by atoms with Gasteiger partial charge in [0.2, 0.25) is 0 Å². The van der Waals surface area contributed by atoms with Gasteiger partial charge in [0.25, 0.3) is 0 Å². The molecule has 1 aliphatic carbocycles. The molecule has 52 heavy (non-hydrogen) atoms. The van der Waals surface area contributed by atoms with Gasteiger partial charge >= 0.3 is 0 Å². The van der Waals surface area contributed by atoms with E-state index in [0.29, 0.717) is 0 Å². The Bertz CT molecular complexity index is 3060. The molecule has 12 rings (SSSR count). The highest BCUT2D eigenvalue weighted by atomic mass is 32.2. The summed E-state index contributed by atoms with van der Waals surface area (Å²) >= 11 is 1.91. The zero-order chi connectivity index (χ0) is 34.0. The van der Waals surface area contributed by atoms with Crippen molar-refractivity contribution in [3.05, 3.63) is 204 Å². The smallest absolute Gasteiger partial charge is 0.0735 e. The van der Waals surface area contributed by atoms with Gasteiger partial charge in [0.1, 0.15) is 0 Å². The van der Waals surface area contributed by atoms with E-state index in [0.717, 1.165) is 0 Å². The molecule has 0 unspecified atom stereocenters. The minimum atomic E-state index is -0.403. The zero-order valence-corrected chi connectivity index (χ0v) is 28.9. The molecule has 0 atom stereocenters. The van der Waals surface area contributed by atoms with Crippen molar-refractivity contribution in [3.8, 4) is 22.5 Å². The maximum absolute atomic E-state index is 2.53. The van der Waals surface area contributed by atoms with E-state index in [1.165, 1.54) is 98.2 Å². The summed E-state index contributed by atoms with van der Waals surface area (Å²) in [6.45, 7) is 0. The minimum Gasteiger partial charge on any atom is -0.309 e. The molecule has 1 spiro atoms. The molecule has 10 aromatic rings. The van der Waals surface area contributed by atoms with Crippen molar-refractivity contribution in [2.45, 2.75) is 15.2 Å².